The molecule has 3 rings (SSSR count). The van der Waals surface area contributed by atoms with Crippen molar-refractivity contribution in [1.82, 2.24) is 0 Å². The Morgan fingerprint density at radius 2 is 2.00 bits per heavy atom. The average Bonchev–Trinajstić information content (AvgIpc) is 2.58. The van der Waals surface area contributed by atoms with Crippen molar-refractivity contribution in [3.63, 3.8) is 0 Å². The largest absolute Gasteiger partial charge is 0.478 e. The van der Waals surface area contributed by atoms with E-state index < -0.39 is 5.92 Å². The summed E-state index contributed by atoms with van der Waals surface area (Å²) in [6.45, 7) is 3.98. The highest BCUT2D eigenvalue weighted by molar-refractivity contribution is 6.37. The molecule has 0 saturated carbocycles. The quantitative estimate of drug-likeness (QED) is 0.735. The Labute approximate surface area is 173 Å². The van der Waals surface area contributed by atoms with Crippen molar-refractivity contribution in [3.05, 3.63) is 50.5 Å². The van der Waals surface area contributed by atoms with Gasteiger partial charge in [0.15, 0.2) is 11.5 Å². The summed E-state index contributed by atoms with van der Waals surface area (Å²) in [7, 11) is 0. The number of benzene rings is 1. The van der Waals surface area contributed by atoms with Gasteiger partial charge < -0.3 is 15.2 Å². The maximum absolute atomic E-state index is 13.0. The van der Waals surface area contributed by atoms with E-state index in [9.17, 15) is 10.1 Å². The third-order valence-electron chi connectivity index (χ3n) is 4.73. The van der Waals surface area contributed by atoms with Crippen molar-refractivity contribution in [2.45, 2.75) is 32.6 Å². The topological polar surface area (TPSA) is 85.3 Å². The predicted octanol–water partition coefficient (Wildman–Crippen LogP) is 4.46. The molecule has 1 aromatic carbocycles. The lowest BCUT2D eigenvalue weighted by Crippen LogP contribution is -2.33. The van der Waals surface area contributed by atoms with E-state index in [4.69, 9.17) is 44.8 Å². The van der Waals surface area contributed by atoms with E-state index in [2.05, 4.69) is 12.0 Å². The first-order chi connectivity index (χ1) is 13.2. The Bertz CT molecular complexity index is 986. The lowest BCUT2D eigenvalue weighted by Gasteiger charge is -2.37. The van der Waals surface area contributed by atoms with Gasteiger partial charge in [-0.1, -0.05) is 43.0 Å². The Balaban J connectivity index is 2.16. The molecule has 2 N–H and O–H groups in total. The highest BCUT2D eigenvalue weighted by atomic mass is 35.5. The second-order valence-corrected chi connectivity index (χ2v) is 8.32. The maximum atomic E-state index is 13.0. The van der Waals surface area contributed by atoms with Crippen LogP contribution in [0.1, 0.15) is 38.2 Å². The summed E-state index contributed by atoms with van der Waals surface area (Å²) in [6.07, 6.45) is 6.09. The maximum Gasteiger partial charge on any atom is 0.205 e. The molecule has 0 amide bonds. The molecule has 0 fully saturated rings. The smallest absolute Gasteiger partial charge is 0.205 e. The highest BCUT2D eigenvalue weighted by Gasteiger charge is 2.43. The van der Waals surface area contributed by atoms with Crippen molar-refractivity contribution in [2.24, 2.45) is 11.1 Å². The molecule has 28 heavy (non-hydrogen) atoms. The first-order valence-electron chi connectivity index (χ1n) is 8.57. The van der Waals surface area contributed by atoms with E-state index in [-0.39, 0.29) is 45.1 Å². The molecule has 7 heteroatoms. The molecular weight excluding hydrogens is 399 g/mol. The zero-order chi connectivity index (χ0) is 20.6. The summed E-state index contributed by atoms with van der Waals surface area (Å²) >= 11 is 12.7. The van der Waals surface area contributed by atoms with Gasteiger partial charge in [-0.3, -0.25) is 4.79 Å². The van der Waals surface area contributed by atoms with Crippen molar-refractivity contribution in [3.8, 4) is 24.2 Å². The number of Topliss-reactive ketones (excluding diaryl/α,β-unsaturated/α-hetero) is 1. The average molecular weight is 417 g/mol. The first-order valence-corrected chi connectivity index (χ1v) is 9.33. The van der Waals surface area contributed by atoms with Crippen LogP contribution in [0.2, 0.25) is 10.0 Å². The number of hydrogen-bond donors (Lipinski definition) is 1. The minimum atomic E-state index is -0.700. The summed E-state index contributed by atoms with van der Waals surface area (Å²) in [6, 6.07) is 5.28. The molecule has 1 unspecified atom stereocenters. The van der Waals surface area contributed by atoms with Crippen LogP contribution in [0.3, 0.4) is 0 Å². The molecule has 1 heterocycles. The number of hydrogen-bond acceptors (Lipinski definition) is 5. The standard InChI is InChI=1S/C21H18Cl2N2O3/c1-4-5-27-19-13(22)6-11(7-14(19)23)17-12(10-24)20(25)28-16-9-21(2,3)8-15(26)18(16)17/h1,6-7,17H,5,8-9,25H2,2-3H3. The normalized spacial score (nSPS) is 20.8. The number of halogens is 2. The van der Waals surface area contributed by atoms with Gasteiger partial charge in [-0.25, -0.2) is 0 Å². The minimum absolute atomic E-state index is 0.00915. The molecule has 1 atom stereocenters. The second-order valence-electron chi connectivity index (χ2n) is 7.51. The van der Waals surface area contributed by atoms with Crippen LogP contribution in [0.4, 0.5) is 0 Å². The molecule has 0 radical (unpaired) electrons. The van der Waals surface area contributed by atoms with E-state index in [0.717, 1.165) is 0 Å². The summed E-state index contributed by atoms with van der Waals surface area (Å²) in [5.41, 5.74) is 6.89. The van der Waals surface area contributed by atoms with Gasteiger partial charge in [0.25, 0.3) is 0 Å². The molecule has 2 aliphatic rings. The van der Waals surface area contributed by atoms with Crippen LogP contribution < -0.4 is 10.5 Å². The summed E-state index contributed by atoms with van der Waals surface area (Å²) in [5.74, 6) is 2.28. The van der Waals surface area contributed by atoms with E-state index in [1.54, 1.807) is 12.1 Å². The third kappa shape index (κ3) is 3.56. The molecule has 144 valence electrons. The Hall–Kier alpha value is -2.60. The van der Waals surface area contributed by atoms with Crippen molar-refractivity contribution >= 4 is 29.0 Å². The number of carbonyl (C=O) groups excluding carboxylic acids is 1. The van der Waals surface area contributed by atoms with Gasteiger partial charge in [0.05, 0.1) is 16.0 Å². The van der Waals surface area contributed by atoms with Crippen LogP contribution in [-0.4, -0.2) is 12.4 Å². The first kappa shape index (κ1) is 20.1. The number of nitriles is 1. The molecule has 1 aliphatic carbocycles. The van der Waals surface area contributed by atoms with E-state index in [0.29, 0.717) is 29.7 Å². The van der Waals surface area contributed by atoms with Gasteiger partial charge in [0, 0.05) is 18.4 Å². The molecule has 0 aromatic heterocycles. The minimum Gasteiger partial charge on any atom is -0.478 e. The van der Waals surface area contributed by atoms with Crippen LogP contribution in [0, 0.1) is 29.1 Å². The van der Waals surface area contributed by atoms with Crippen molar-refractivity contribution in [2.75, 3.05) is 6.61 Å². The predicted molar refractivity (Wildman–Crippen MR) is 106 cm³/mol. The number of terminal acetylenes is 1. The zero-order valence-corrected chi connectivity index (χ0v) is 16.9. The number of ketones is 1. The van der Waals surface area contributed by atoms with Crippen LogP contribution in [0.25, 0.3) is 0 Å². The van der Waals surface area contributed by atoms with Crippen molar-refractivity contribution in [1.29, 1.82) is 5.26 Å². The Morgan fingerprint density at radius 3 is 2.57 bits per heavy atom. The Kier molecular flexibility index (Phi) is 5.35. The molecule has 0 bridgehead atoms. The van der Waals surface area contributed by atoms with E-state index >= 15 is 0 Å². The van der Waals surface area contributed by atoms with Gasteiger partial charge in [-0.2, -0.15) is 5.26 Å². The van der Waals surface area contributed by atoms with Gasteiger partial charge in [0.1, 0.15) is 24.0 Å². The van der Waals surface area contributed by atoms with Crippen LogP contribution >= 0.6 is 23.2 Å². The summed E-state index contributed by atoms with van der Waals surface area (Å²) in [4.78, 5) is 13.0. The van der Waals surface area contributed by atoms with E-state index in [1.165, 1.54) is 0 Å². The fourth-order valence-electron chi connectivity index (χ4n) is 3.62. The SMILES string of the molecule is C#CCOc1c(Cl)cc(C2C(C#N)=C(N)OC3=C2C(=O)CC(C)(C)C3)cc1Cl. The van der Waals surface area contributed by atoms with Crippen molar-refractivity contribution < 1.29 is 14.3 Å². The molecule has 1 aromatic rings. The second kappa shape index (κ2) is 7.43. The van der Waals surface area contributed by atoms with Gasteiger partial charge in [0.2, 0.25) is 5.88 Å². The molecule has 1 aliphatic heterocycles. The monoisotopic (exact) mass is 416 g/mol. The Morgan fingerprint density at radius 1 is 1.36 bits per heavy atom. The molecule has 0 spiro atoms. The lowest BCUT2D eigenvalue weighted by molar-refractivity contribution is -0.119. The van der Waals surface area contributed by atoms with E-state index in [1.807, 2.05) is 13.8 Å². The third-order valence-corrected chi connectivity index (χ3v) is 5.29. The highest BCUT2D eigenvalue weighted by Crippen LogP contribution is 2.49. The molecule has 5 nitrogen and oxygen atoms in total. The number of rotatable bonds is 3. The number of ether oxygens (including phenoxy) is 2. The molecule has 0 saturated heterocycles. The van der Waals surface area contributed by atoms with Gasteiger partial charge in [-0.05, 0) is 23.1 Å². The molecular formula is C21H18Cl2N2O3. The number of allylic oxidation sites excluding steroid dienone is 3. The van der Waals surface area contributed by atoms with Crippen LogP contribution in [0.5, 0.6) is 5.75 Å². The van der Waals surface area contributed by atoms with Gasteiger partial charge >= 0.3 is 0 Å². The number of nitrogens with two attached hydrogens (primary N) is 1. The summed E-state index contributed by atoms with van der Waals surface area (Å²) < 4.78 is 11.1. The zero-order valence-electron chi connectivity index (χ0n) is 15.4. The summed E-state index contributed by atoms with van der Waals surface area (Å²) in [5, 5.41) is 10.1. The van der Waals surface area contributed by atoms with Gasteiger partial charge in [-0.15, -0.1) is 6.42 Å². The fraction of sp³-hybridized carbons (Fsp3) is 0.333. The lowest BCUT2D eigenvalue weighted by atomic mass is 9.70. The van der Waals surface area contributed by atoms with Crippen LogP contribution in [-0.2, 0) is 9.53 Å². The number of nitrogens with zero attached hydrogens (tertiary/aromatic N) is 1. The van der Waals surface area contributed by atoms with Crippen LogP contribution in [0.15, 0.2) is 34.9 Å². The fourth-order valence-corrected chi connectivity index (χ4v) is 4.23. The number of carbonyl (C=O) groups is 1.